The number of aliphatic hydroxyl groups excluding tert-OH is 1. The molecule has 3 N–H and O–H groups in total. The third-order valence-electron chi connectivity index (χ3n) is 2.87. The summed E-state index contributed by atoms with van der Waals surface area (Å²) in [5, 5.41) is 14.6. The van der Waals surface area contributed by atoms with E-state index >= 15 is 0 Å². The maximum atomic E-state index is 11.9. The highest BCUT2D eigenvalue weighted by atomic mass is 16.3. The second kappa shape index (κ2) is 7.26. The first kappa shape index (κ1) is 16.5. The maximum Gasteiger partial charge on any atom is 0.319 e. The van der Waals surface area contributed by atoms with Crippen LogP contribution in [0.2, 0.25) is 0 Å². The normalized spacial score (nSPS) is 11.5. The van der Waals surface area contributed by atoms with Crippen molar-refractivity contribution in [2.45, 2.75) is 32.4 Å². The number of urea groups is 1. The second-order valence-corrected chi connectivity index (χ2v) is 5.87. The molecule has 1 rings (SSSR count). The highest BCUT2D eigenvalue weighted by Gasteiger charge is 2.19. The minimum absolute atomic E-state index is 0.0472. The molecule has 0 saturated heterocycles. The third-order valence-corrected chi connectivity index (χ3v) is 2.87. The molecular formula is C15H25N3O2. The first-order chi connectivity index (χ1) is 9.32. The van der Waals surface area contributed by atoms with Gasteiger partial charge in [0.2, 0.25) is 0 Å². The topological polar surface area (TPSA) is 64.6 Å². The predicted octanol–water partition coefficient (Wildman–Crippen LogP) is 2.03. The number of nitrogens with zero attached hydrogens (tertiary/aromatic N) is 1. The lowest BCUT2D eigenvalue weighted by Crippen LogP contribution is -2.46. The van der Waals surface area contributed by atoms with Crippen LogP contribution < -0.4 is 10.6 Å². The molecule has 0 heterocycles. The van der Waals surface area contributed by atoms with Gasteiger partial charge < -0.3 is 20.6 Å². The fourth-order valence-corrected chi connectivity index (χ4v) is 1.92. The number of rotatable bonds is 6. The van der Waals surface area contributed by atoms with Crippen LogP contribution in [-0.4, -0.2) is 42.3 Å². The van der Waals surface area contributed by atoms with Crippen molar-refractivity contribution in [1.29, 1.82) is 0 Å². The van der Waals surface area contributed by atoms with E-state index in [1.807, 2.05) is 52.2 Å². The van der Waals surface area contributed by atoms with E-state index in [0.29, 0.717) is 6.42 Å². The fraction of sp³-hybridized carbons (Fsp3) is 0.533. The molecule has 20 heavy (non-hydrogen) atoms. The number of aliphatic hydroxyl groups is 1. The van der Waals surface area contributed by atoms with Crippen molar-refractivity contribution in [3.05, 3.63) is 29.8 Å². The standard InChI is InChI=1S/C15H25N3O2/c1-15(2,8-9-19)17-14(20)16-13-7-5-6-12(10-13)11-18(3)4/h5-7,10,19H,8-9,11H2,1-4H3,(H2,16,17,20). The van der Waals surface area contributed by atoms with Crippen LogP contribution in [0, 0.1) is 0 Å². The number of benzene rings is 1. The van der Waals surface area contributed by atoms with E-state index in [-0.39, 0.29) is 12.6 Å². The highest BCUT2D eigenvalue weighted by molar-refractivity contribution is 5.89. The highest BCUT2D eigenvalue weighted by Crippen LogP contribution is 2.13. The summed E-state index contributed by atoms with van der Waals surface area (Å²) >= 11 is 0. The van der Waals surface area contributed by atoms with Gasteiger partial charge in [0.25, 0.3) is 0 Å². The molecule has 0 saturated carbocycles. The molecule has 1 aromatic carbocycles. The van der Waals surface area contributed by atoms with Gasteiger partial charge in [-0.25, -0.2) is 4.79 Å². The van der Waals surface area contributed by atoms with E-state index in [9.17, 15) is 4.79 Å². The molecule has 0 atom stereocenters. The van der Waals surface area contributed by atoms with Gasteiger partial charge >= 0.3 is 6.03 Å². The zero-order valence-corrected chi connectivity index (χ0v) is 12.7. The molecule has 0 aromatic heterocycles. The number of nitrogens with one attached hydrogen (secondary N) is 2. The van der Waals surface area contributed by atoms with Gasteiger partial charge in [-0.1, -0.05) is 12.1 Å². The van der Waals surface area contributed by atoms with Crippen molar-refractivity contribution < 1.29 is 9.90 Å². The SMILES string of the molecule is CN(C)Cc1cccc(NC(=O)NC(C)(C)CCO)c1. The molecule has 0 spiro atoms. The number of hydrogen-bond acceptors (Lipinski definition) is 3. The third kappa shape index (κ3) is 6.04. The van der Waals surface area contributed by atoms with Crippen LogP contribution in [0.4, 0.5) is 10.5 Å². The van der Waals surface area contributed by atoms with E-state index in [4.69, 9.17) is 5.11 Å². The van der Waals surface area contributed by atoms with Crippen molar-refractivity contribution in [1.82, 2.24) is 10.2 Å². The first-order valence-corrected chi connectivity index (χ1v) is 6.76. The molecule has 5 heteroatoms. The Hall–Kier alpha value is -1.59. The van der Waals surface area contributed by atoms with Crippen molar-refractivity contribution in [2.24, 2.45) is 0 Å². The first-order valence-electron chi connectivity index (χ1n) is 6.76. The Morgan fingerprint density at radius 2 is 2.05 bits per heavy atom. The van der Waals surface area contributed by atoms with Gasteiger partial charge in [0.1, 0.15) is 0 Å². The zero-order chi connectivity index (χ0) is 15.2. The molecular weight excluding hydrogens is 254 g/mol. The van der Waals surface area contributed by atoms with Crippen LogP contribution >= 0.6 is 0 Å². The summed E-state index contributed by atoms with van der Waals surface area (Å²) in [6.45, 7) is 4.63. The summed E-state index contributed by atoms with van der Waals surface area (Å²) in [6, 6.07) is 7.51. The van der Waals surface area contributed by atoms with Crippen LogP contribution in [-0.2, 0) is 6.54 Å². The molecule has 1 aromatic rings. The van der Waals surface area contributed by atoms with Crippen LogP contribution in [0.1, 0.15) is 25.8 Å². The van der Waals surface area contributed by atoms with E-state index in [1.165, 1.54) is 0 Å². The van der Waals surface area contributed by atoms with E-state index < -0.39 is 5.54 Å². The van der Waals surface area contributed by atoms with E-state index in [2.05, 4.69) is 15.5 Å². The van der Waals surface area contributed by atoms with Crippen LogP contribution in [0.3, 0.4) is 0 Å². The Morgan fingerprint density at radius 3 is 2.65 bits per heavy atom. The summed E-state index contributed by atoms with van der Waals surface area (Å²) < 4.78 is 0. The lowest BCUT2D eigenvalue weighted by atomic mass is 10.0. The Labute approximate surface area is 121 Å². The summed E-state index contributed by atoms with van der Waals surface area (Å²) in [4.78, 5) is 14.0. The van der Waals surface area contributed by atoms with Crippen molar-refractivity contribution in [3.8, 4) is 0 Å². The Kier molecular flexibility index (Phi) is 5.98. The predicted molar refractivity (Wildman–Crippen MR) is 81.8 cm³/mol. The summed E-state index contributed by atoms with van der Waals surface area (Å²) in [5.41, 5.74) is 1.48. The number of anilines is 1. The molecule has 0 unspecified atom stereocenters. The Morgan fingerprint density at radius 1 is 1.35 bits per heavy atom. The van der Waals surface area contributed by atoms with Crippen LogP contribution in [0.15, 0.2) is 24.3 Å². The number of carbonyl (C=O) groups is 1. The maximum absolute atomic E-state index is 11.9. The lowest BCUT2D eigenvalue weighted by molar-refractivity contribution is 0.218. The smallest absolute Gasteiger partial charge is 0.319 e. The number of carbonyl (C=O) groups excluding carboxylic acids is 1. The molecule has 5 nitrogen and oxygen atoms in total. The number of amides is 2. The average Bonchev–Trinajstić information content (AvgIpc) is 2.26. The van der Waals surface area contributed by atoms with Gasteiger partial charge in [-0.15, -0.1) is 0 Å². The van der Waals surface area contributed by atoms with Crippen molar-refractivity contribution >= 4 is 11.7 Å². The minimum atomic E-state index is -0.430. The van der Waals surface area contributed by atoms with E-state index in [0.717, 1.165) is 17.8 Å². The zero-order valence-electron chi connectivity index (χ0n) is 12.7. The molecule has 0 fully saturated rings. The number of hydrogen-bond donors (Lipinski definition) is 3. The quantitative estimate of drug-likeness (QED) is 0.746. The summed E-state index contributed by atoms with van der Waals surface area (Å²) in [5.74, 6) is 0. The molecule has 0 aliphatic heterocycles. The molecule has 0 bridgehead atoms. The average molecular weight is 279 g/mol. The van der Waals surface area contributed by atoms with Gasteiger partial charge in [0.15, 0.2) is 0 Å². The monoisotopic (exact) mass is 279 g/mol. The minimum Gasteiger partial charge on any atom is -0.396 e. The second-order valence-electron chi connectivity index (χ2n) is 5.87. The van der Waals surface area contributed by atoms with E-state index in [1.54, 1.807) is 0 Å². The Bertz CT molecular complexity index is 444. The van der Waals surface area contributed by atoms with Crippen LogP contribution in [0.25, 0.3) is 0 Å². The summed E-state index contributed by atoms with van der Waals surface area (Å²) in [7, 11) is 4.01. The largest absolute Gasteiger partial charge is 0.396 e. The Balaban J connectivity index is 2.62. The molecule has 0 aliphatic carbocycles. The van der Waals surface area contributed by atoms with Gasteiger partial charge in [0, 0.05) is 24.4 Å². The van der Waals surface area contributed by atoms with Crippen LogP contribution in [0.5, 0.6) is 0 Å². The van der Waals surface area contributed by atoms with Crippen molar-refractivity contribution in [3.63, 3.8) is 0 Å². The molecule has 0 aliphatic rings. The van der Waals surface area contributed by atoms with Gasteiger partial charge in [-0.05, 0) is 52.1 Å². The molecule has 2 amide bonds. The van der Waals surface area contributed by atoms with Gasteiger partial charge in [0.05, 0.1) is 0 Å². The van der Waals surface area contributed by atoms with Gasteiger partial charge in [-0.2, -0.15) is 0 Å². The molecule has 0 radical (unpaired) electrons. The van der Waals surface area contributed by atoms with Crippen molar-refractivity contribution in [2.75, 3.05) is 26.0 Å². The fourth-order valence-electron chi connectivity index (χ4n) is 1.92. The van der Waals surface area contributed by atoms with Gasteiger partial charge in [-0.3, -0.25) is 0 Å². The lowest BCUT2D eigenvalue weighted by Gasteiger charge is -2.25. The molecule has 112 valence electrons. The summed E-state index contributed by atoms with van der Waals surface area (Å²) in [6.07, 6.45) is 0.515.